The van der Waals surface area contributed by atoms with E-state index >= 15 is 0 Å². The first-order valence-electron chi connectivity index (χ1n) is 4.90. The Hall–Kier alpha value is -0.610. The van der Waals surface area contributed by atoms with Gasteiger partial charge in [-0.2, -0.15) is 0 Å². The van der Waals surface area contributed by atoms with E-state index in [0.29, 0.717) is 25.9 Å². The summed E-state index contributed by atoms with van der Waals surface area (Å²) in [4.78, 5) is 11.5. The summed E-state index contributed by atoms with van der Waals surface area (Å²) in [6.45, 7) is 4.04. The Labute approximate surface area is 78.7 Å². The number of carbonyl (C=O) groups excluding carboxylic acids is 1. The van der Waals surface area contributed by atoms with Crippen LogP contribution in [0.5, 0.6) is 0 Å². The van der Waals surface area contributed by atoms with Crippen molar-refractivity contribution in [2.24, 2.45) is 0 Å². The van der Waals surface area contributed by atoms with Gasteiger partial charge in [-0.3, -0.25) is 4.79 Å². The van der Waals surface area contributed by atoms with Gasteiger partial charge in [0.25, 0.3) is 5.91 Å². The molecule has 1 aliphatic rings. The van der Waals surface area contributed by atoms with Gasteiger partial charge in [0, 0.05) is 6.54 Å². The summed E-state index contributed by atoms with van der Waals surface area (Å²) in [6.07, 6.45) is 1.93. The highest BCUT2D eigenvalue weighted by Crippen LogP contribution is 2.19. The Kier molecular flexibility index (Phi) is 3.69. The van der Waals surface area contributed by atoms with Crippen LogP contribution in [-0.4, -0.2) is 36.2 Å². The number of carbonyl (C=O) groups is 1. The molecule has 0 radical (unpaired) electrons. The first kappa shape index (κ1) is 10.5. The molecule has 1 unspecified atom stereocenters. The van der Waals surface area contributed by atoms with Gasteiger partial charge in [0.2, 0.25) is 0 Å². The summed E-state index contributed by atoms with van der Waals surface area (Å²) in [6, 6.07) is 0. The summed E-state index contributed by atoms with van der Waals surface area (Å²) >= 11 is 0. The van der Waals surface area contributed by atoms with Crippen molar-refractivity contribution in [3.05, 3.63) is 0 Å². The quantitative estimate of drug-likeness (QED) is 0.551. The average Bonchev–Trinajstić information content (AvgIpc) is 2.32. The van der Waals surface area contributed by atoms with E-state index in [-0.39, 0.29) is 5.91 Å². The molecule has 0 aromatic carbocycles. The lowest BCUT2D eigenvalue weighted by Gasteiger charge is -2.24. The van der Waals surface area contributed by atoms with Gasteiger partial charge >= 0.3 is 0 Å². The second-order valence-electron chi connectivity index (χ2n) is 3.49. The zero-order valence-electron chi connectivity index (χ0n) is 8.10. The number of hydrogen-bond acceptors (Lipinski definition) is 3. The summed E-state index contributed by atoms with van der Waals surface area (Å²) in [5.74, 6) is -0.223. The minimum atomic E-state index is -1.14. The second-order valence-corrected chi connectivity index (χ2v) is 3.49. The van der Waals surface area contributed by atoms with Gasteiger partial charge in [-0.25, -0.2) is 0 Å². The van der Waals surface area contributed by atoms with Crippen LogP contribution in [0.4, 0.5) is 0 Å². The number of likely N-dealkylation sites (N-methyl/N-ethyl adjacent to an activating group) is 1. The van der Waals surface area contributed by atoms with E-state index in [1.54, 1.807) is 0 Å². The van der Waals surface area contributed by atoms with Gasteiger partial charge in [0.05, 0.1) is 0 Å². The molecule has 1 heterocycles. The van der Waals surface area contributed by atoms with Crippen molar-refractivity contribution >= 4 is 5.91 Å². The van der Waals surface area contributed by atoms with Crippen molar-refractivity contribution in [2.45, 2.75) is 31.8 Å². The summed E-state index contributed by atoms with van der Waals surface area (Å²) in [5, 5.41) is 15.8. The highest BCUT2D eigenvalue weighted by molar-refractivity contribution is 5.84. The Morgan fingerprint density at radius 1 is 1.54 bits per heavy atom. The van der Waals surface area contributed by atoms with Crippen LogP contribution in [0, 0.1) is 0 Å². The highest BCUT2D eigenvalue weighted by Gasteiger charge is 2.35. The number of amides is 1. The van der Waals surface area contributed by atoms with Crippen molar-refractivity contribution in [1.29, 1.82) is 0 Å². The SMILES string of the molecule is CCNC(=O)C1(O)CCCNCC1. The average molecular weight is 186 g/mol. The van der Waals surface area contributed by atoms with Crippen LogP contribution in [0.2, 0.25) is 0 Å². The van der Waals surface area contributed by atoms with E-state index < -0.39 is 5.60 Å². The normalized spacial score (nSPS) is 29.4. The molecule has 1 saturated heterocycles. The highest BCUT2D eigenvalue weighted by atomic mass is 16.3. The summed E-state index contributed by atoms with van der Waals surface area (Å²) in [7, 11) is 0. The molecule has 0 aromatic heterocycles. The molecule has 76 valence electrons. The lowest BCUT2D eigenvalue weighted by Crippen LogP contribution is -2.47. The van der Waals surface area contributed by atoms with E-state index in [4.69, 9.17) is 0 Å². The molecule has 1 amide bonds. The van der Waals surface area contributed by atoms with E-state index in [0.717, 1.165) is 13.0 Å². The molecule has 4 nitrogen and oxygen atoms in total. The number of hydrogen-bond donors (Lipinski definition) is 3. The van der Waals surface area contributed by atoms with Crippen LogP contribution in [0.1, 0.15) is 26.2 Å². The van der Waals surface area contributed by atoms with E-state index in [2.05, 4.69) is 10.6 Å². The molecule has 1 fully saturated rings. The number of rotatable bonds is 2. The first-order chi connectivity index (χ1) is 6.19. The molecular formula is C9H18N2O2. The smallest absolute Gasteiger partial charge is 0.252 e. The fourth-order valence-electron chi connectivity index (χ4n) is 1.60. The first-order valence-corrected chi connectivity index (χ1v) is 4.90. The monoisotopic (exact) mass is 186 g/mol. The van der Waals surface area contributed by atoms with Gasteiger partial charge in [-0.15, -0.1) is 0 Å². The third-order valence-electron chi connectivity index (χ3n) is 2.42. The maximum absolute atomic E-state index is 11.5. The zero-order valence-corrected chi connectivity index (χ0v) is 8.10. The summed E-state index contributed by atoms with van der Waals surface area (Å²) in [5.41, 5.74) is -1.14. The molecule has 4 heteroatoms. The predicted octanol–water partition coefficient (Wildman–Crippen LogP) is -0.373. The van der Waals surface area contributed by atoms with Gasteiger partial charge in [0.1, 0.15) is 5.60 Å². The molecule has 0 bridgehead atoms. The van der Waals surface area contributed by atoms with E-state index in [9.17, 15) is 9.90 Å². The molecule has 0 saturated carbocycles. The lowest BCUT2D eigenvalue weighted by atomic mass is 9.94. The van der Waals surface area contributed by atoms with Crippen molar-refractivity contribution in [3.63, 3.8) is 0 Å². The van der Waals surface area contributed by atoms with E-state index in [1.165, 1.54) is 0 Å². The van der Waals surface area contributed by atoms with Crippen molar-refractivity contribution < 1.29 is 9.90 Å². The molecule has 1 atom stereocenters. The van der Waals surface area contributed by atoms with Crippen LogP contribution in [0.25, 0.3) is 0 Å². The van der Waals surface area contributed by atoms with Gasteiger partial charge in [0.15, 0.2) is 0 Å². The predicted molar refractivity (Wildman–Crippen MR) is 50.4 cm³/mol. The van der Waals surface area contributed by atoms with Crippen LogP contribution in [-0.2, 0) is 4.79 Å². The lowest BCUT2D eigenvalue weighted by molar-refractivity contribution is -0.140. The standard InChI is InChI=1S/C9H18N2O2/c1-2-11-8(12)9(13)4-3-6-10-7-5-9/h10,13H,2-7H2,1H3,(H,11,12). The second kappa shape index (κ2) is 4.58. The number of aliphatic hydroxyl groups is 1. The van der Waals surface area contributed by atoms with E-state index in [1.807, 2.05) is 6.92 Å². The van der Waals surface area contributed by atoms with Crippen molar-refractivity contribution in [3.8, 4) is 0 Å². The van der Waals surface area contributed by atoms with Crippen LogP contribution < -0.4 is 10.6 Å². The molecule has 3 N–H and O–H groups in total. The van der Waals surface area contributed by atoms with Crippen molar-refractivity contribution in [2.75, 3.05) is 19.6 Å². The van der Waals surface area contributed by atoms with Crippen LogP contribution in [0.3, 0.4) is 0 Å². The minimum Gasteiger partial charge on any atom is -0.380 e. The third-order valence-corrected chi connectivity index (χ3v) is 2.42. The molecule has 0 spiro atoms. The molecular weight excluding hydrogens is 168 g/mol. The molecule has 13 heavy (non-hydrogen) atoms. The topological polar surface area (TPSA) is 61.4 Å². The molecule has 0 aliphatic carbocycles. The Morgan fingerprint density at radius 3 is 3.00 bits per heavy atom. The summed E-state index contributed by atoms with van der Waals surface area (Å²) < 4.78 is 0. The molecule has 1 aliphatic heterocycles. The zero-order chi connectivity index (χ0) is 9.73. The van der Waals surface area contributed by atoms with Gasteiger partial charge in [-0.05, 0) is 39.3 Å². The third kappa shape index (κ3) is 2.67. The fraction of sp³-hybridized carbons (Fsp3) is 0.889. The maximum Gasteiger partial charge on any atom is 0.252 e. The minimum absolute atomic E-state index is 0.223. The van der Waals surface area contributed by atoms with Crippen molar-refractivity contribution in [1.82, 2.24) is 10.6 Å². The molecule has 0 aromatic rings. The maximum atomic E-state index is 11.5. The van der Waals surface area contributed by atoms with Gasteiger partial charge < -0.3 is 15.7 Å². The molecule has 1 rings (SSSR count). The van der Waals surface area contributed by atoms with Crippen LogP contribution >= 0.6 is 0 Å². The Balaban J connectivity index is 2.55. The van der Waals surface area contributed by atoms with Crippen LogP contribution in [0.15, 0.2) is 0 Å². The largest absolute Gasteiger partial charge is 0.380 e. The van der Waals surface area contributed by atoms with Gasteiger partial charge in [-0.1, -0.05) is 0 Å². The Morgan fingerprint density at radius 2 is 2.31 bits per heavy atom. The Bertz CT molecular complexity index is 174. The number of nitrogens with one attached hydrogen (secondary N) is 2. The fourth-order valence-corrected chi connectivity index (χ4v) is 1.60.